The molecule has 1 aromatic carbocycles. The molecule has 0 saturated heterocycles. The summed E-state index contributed by atoms with van der Waals surface area (Å²) < 4.78 is 16.9. The Balaban J connectivity index is 1.48. The molecule has 0 spiro atoms. The maximum absolute atomic E-state index is 12.8. The van der Waals surface area contributed by atoms with Gasteiger partial charge in [-0.2, -0.15) is 0 Å². The molecule has 2 aliphatic carbocycles. The zero-order valence-corrected chi connectivity index (χ0v) is 19.9. The van der Waals surface area contributed by atoms with E-state index in [2.05, 4.69) is 0 Å². The Hall–Kier alpha value is -2.28. The monoisotopic (exact) mass is 461 g/mol. The smallest absolute Gasteiger partial charge is 0.410 e. The molecule has 0 aliphatic heterocycles. The Bertz CT molecular complexity index is 725. The fourth-order valence-corrected chi connectivity index (χ4v) is 4.78. The number of carboxylic acids is 1. The fourth-order valence-electron chi connectivity index (χ4n) is 4.78. The number of amides is 1. The van der Waals surface area contributed by atoms with E-state index in [1.165, 1.54) is 25.7 Å². The van der Waals surface area contributed by atoms with Crippen LogP contribution in [0, 0.1) is 5.92 Å². The molecule has 1 amide bonds. The van der Waals surface area contributed by atoms with Crippen LogP contribution in [-0.4, -0.2) is 60.6 Å². The van der Waals surface area contributed by atoms with E-state index >= 15 is 0 Å². The highest BCUT2D eigenvalue weighted by atomic mass is 16.6. The molecule has 1 N–H and O–H groups in total. The highest BCUT2D eigenvalue weighted by Crippen LogP contribution is 2.28. The van der Waals surface area contributed by atoms with Crippen molar-refractivity contribution in [2.45, 2.75) is 83.3 Å². The maximum atomic E-state index is 12.8. The molecule has 0 aromatic heterocycles. The average Bonchev–Trinajstić information content (AvgIpc) is 3.51. The average molecular weight is 462 g/mol. The second-order valence-electron chi connectivity index (χ2n) is 9.20. The molecule has 1 unspecified atom stereocenters. The van der Waals surface area contributed by atoms with Gasteiger partial charge in [-0.1, -0.05) is 37.8 Å². The third-order valence-electron chi connectivity index (χ3n) is 6.73. The van der Waals surface area contributed by atoms with Gasteiger partial charge in [0.15, 0.2) is 6.10 Å². The first-order valence-electron chi connectivity index (χ1n) is 12.6. The van der Waals surface area contributed by atoms with Crippen LogP contribution in [-0.2, 0) is 20.7 Å². The van der Waals surface area contributed by atoms with Crippen molar-refractivity contribution < 1.29 is 28.9 Å². The standard InChI is InChI=1S/C26H39NO6/c1-2-31-24(25(28)29)19-21-11-13-22(14-12-21)32-18-17-27(16-15-20-7-3-4-8-20)26(30)33-23-9-5-6-10-23/h11-14,20,23-24H,2-10,15-19H2,1H3,(H,28,29). The Labute approximate surface area is 197 Å². The fraction of sp³-hybridized carbons (Fsp3) is 0.692. The van der Waals surface area contributed by atoms with Gasteiger partial charge in [-0.3, -0.25) is 0 Å². The van der Waals surface area contributed by atoms with Gasteiger partial charge < -0.3 is 24.2 Å². The van der Waals surface area contributed by atoms with Crippen LogP contribution in [0.3, 0.4) is 0 Å². The number of rotatable bonds is 13. The largest absolute Gasteiger partial charge is 0.492 e. The summed E-state index contributed by atoms with van der Waals surface area (Å²) in [6.45, 7) is 3.74. The number of hydrogen-bond acceptors (Lipinski definition) is 5. The number of carbonyl (C=O) groups excluding carboxylic acids is 1. The van der Waals surface area contributed by atoms with Crippen molar-refractivity contribution in [3.8, 4) is 5.75 Å². The lowest BCUT2D eigenvalue weighted by atomic mass is 10.0. The molecule has 7 nitrogen and oxygen atoms in total. The summed E-state index contributed by atoms with van der Waals surface area (Å²) in [4.78, 5) is 25.9. The van der Waals surface area contributed by atoms with Gasteiger partial charge >= 0.3 is 12.1 Å². The van der Waals surface area contributed by atoms with E-state index in [9.17, 15) is 14.7 Å². The Kier molecular flexibility index (Phi) is 10.3. The molecule has 7 heteroatoms. The van der Waals surface area contributed by atoms with Crippen LogP contribution >= 0.6 is 0 Å². The van der Waals surface area contributed by atoms with E-state index < -0.39 is 12.1 Å². The molecule has 2 saturated carbocycles. The molecule has 1 aromatic rings. The molecule has 0 radical (unpaired) electrons. The molecule has 3 rings (SSSR count). The number of carbonyl (C=O) groups is 2. The van der Waals surface area contributed by atoms with Crippen LogP contribution in [0.25, 0.3) is 0 Å². The summed E-state index contributed by atoms with van der Waals surface area (Å²) in [5.74, 6) is 0.452. The van der Waals surface area contributed by atoms with E-state index in [4.69, 9.17) is 14.2 Å². The summed E-state index contributed by atoms with van der Waals surface area (Å²) in [6, 6.07) is 7.38. The Morgan fingerprint density at radius 1 is 1.03 bits per heavy atom. The molecule has 0 heterocycles. The highest BCUT2D eigenvalue weighted by Gasteiger charge is 2.24. The predicted molar refractivity (Wildman–Crippen MR) is 126 cm³/mol. The van der Waals surface area contributed by atoms with E-state index in [0.717, 1.165) is 37.7 Å². The molecular weight excluding hydrogens is 422 g/mol. The van der Waals surface area contributed by atoms with Gasteiger partial charge in [-0.15, -0.1) is 0 Å². The molecular formula is C26H39NO6. The van der Waals surface area contributed by atoms with Crippen molar-refractivity contribution in [2.24, 2.45) is 5.92 Å². The van der Waals surface area contributed by atoms with Gasteiger partial charge in [0.1, 0.15) is 18.5 Å². The van der Waals surface area contributed by atoms with E-state index in [-0.39, 0.29) is 12.2 Å². The topological polar surface area (TPSA) is 85.3 Å². The molecule has 33 heavy (non-hydrogen) atoms. The van der Waals surface area contributed by atoms with Crippen LogP contribution in [0.1, 0.15) is 70.3 Å². The third-order valence-corrected chi connectivity index (χ3v) is 6.73. The van der Waals surface area contributed by atoms with Crippen molar-refractivity contribution in [1.29, 1.82) is 0 Å². The van der Waals surface area contributed by atoms with Gasteiger partial charge in [-0.05, 0) is 62.6 Å². The van der Waals surface area contributed by atoms with Crippen LogP contribution in [0.2, 0.25) is 0 Å². The number of nitrogens with zero attached hydrogens (tertiary/aromatic N) is 1. The summed E-state index contributed by atoms with van der Waals surface area (Å²) in [7, 11) is 0. The summed E-state index contributed by atoms with van der Waals surface area (Å²) in [5.41, 5.74) is 0.876. The number of ether oxygens (including phenoxy) is 3. The molecule has 184 valence electrons. The number of benzene rings is 1. The van der Waals surface area contributed by atoms with E-state index in [1.807, 2.05) is 29.2 Å². The first-order valence-corrected chi connectivity index (χ1v) is 12.6. The number of aliphatic carboxylic acids is 1. The van der Waals surface area contributed by atoms with Crippen LogP contribution in [0.5, 0.6) is 5.75 Å². The van der Waals surface area contributed by atoms with Crippen molar-refractivity contribution in [1.82, 2.24) is 4.90 Å². The van der Waals surface area contributed by atoms with Crippen molar-refractivity contribution >= 4 is 12.1 Å². The van der Waals surface area contributed by atoms with Crippen molar-refractivity contribution in [3.63, 3.8) is 0 Å². The van der Waals surface area contributed by atoms with Gasteiger partial charge in [0, 0.05) is 19.6 Å². The predicted octanol–water partition coefficient (Wildman–Crippen LogP) is 5.06. The van der Waals surface area contributed by atoms with Crippen molar-refractivity contribution in [2.75, 3.05) is 26.3 Å². The van der Waals surface area contributed by atoms with Gasteiger partial charge in [-0.25, -0.2) is 9.59 Å². The SMILES string of the molecule is CCOC(Cc1ccc(OCCN(CCC2CCCC2)C(=O)OC2CCCC2)cc1)C(=O)O. The summed E-state index contributed by atoms with van der Waals surface area (Å²) in [5, 5.41) is 9.24. The minimum absolute atomic E-state index is 0.0614. The molecule has 2 aliphatic rings. The van der Waals surface area contributed by atoms with Gasteiger partial charge in [0.2, 0.25) is 0 Å². The summed E-state index contributed by atoms with van der Waals surface area (Å²) >= 11 is 0. The second-order valence-corrected chi connectivity index (χ2v) is 9.20. The van der Waals surface area contributed by atoms with E-state index in [0.29, 0.717) is 44.4 Å². The zero-order valence-electron chi connectivity index (χ0n) is 19.9. The number of carboxylic acid groups (broad SMARTS) is 1. The van der Waals surface area contributed by atoms with E-state index in [1.54, 1.807) is 6.92 Å². The normalized spacial score (nSPS) is 17.7. The third kappa shape index (κ3) is 8.54. The van der Waals surface area contributed by atoms with Gasteiger partial charge in [0.25, 0.3) is 0 Å². The summed E-state index contributed by atoms with van der Waals surface area (Å²) in [6.07, 6.45) is 9.68. The first kappa shape index (κ1) is 25.3. The first-order chi connectivity index (χ1) is 16.0. The Morgan fingerprint density at radius 3 is 2.33 bits per heavy atom. The minimum Gasteiger partial charge on any atom is -0.492 e. The van der Waals surface area contributed by atoms with Crippen molar-refractivity contribution in [3.05, 3.63) is 29.8 Å². The molecule has 2 fully saturated rings. The van der Waals surface area contributed by atoms with Gasteiger partial charge in [0.05, 0.1) is 6.54 Å². The van der Waals surface area contributed by atoms with Crippen LogP contribution in [0.4, 0.5) is 4.79 Å². The highest BCUT2D eigenvalue weighted by molar-refractivity contribution is 5.72. The lowest BCUT2D eigenvalue weighted by Gasteiger charge is -2.25. The number of hydrogen-bond donors (Lipinski definition) is 1. The molecule has 1 atom stereocenters. The quantitative estimate of drug-likeness (QED) is 0.442. The lowest BCUT2D eigenvalue weighted by molar-refractivity contribution is -0.149. The second kappa shape index (κ2) is 13.4. The Morgan fingerprint density at radius 2 is 1.70 bits per heavy atom. The van der Waals surface area contributed by atoms with Crippen LogP contribution < -0.4 is 4.74 Å². The molecule has 0 bridgehead atoms. The zero-order chi connectivity index (χ0) is 23.5. The lowest BCUT2D eigenvalue weighted by Crippen LogP contribution is -2.38. The maximum Gasteiger partial charge on any atom is 0.410 e. The minimum atomic E-state index is -0.959. The van der Waals surface area contributed by atoms with Crippen LogP contribution in [0.15, 0.2) is 24.3 Å².